The van der Waals surface area contributed by atoms with Crippen LogP contribution < -0.4 is 10.2 Å². The van der Waals surface area contributed by atoms with Crippen molar-refractivity contribution in [2.24, 2.45) is 5.92 Å². The van der Waals surface area contributed by atoms with Crippen LogP contribution >= 0.6 is 11.3 Å². The zero-order valence-electron chi connectivity index (χ0n) is 15.9. The van der Waals surface area contributed by atoms with Gasteiger partial charge in [0, 0.05) is 31.1 Å². The number of nitrogens with one attached hydrogen (secondary N) is 1. The van der Waals surface area contributed by atoms with E-state index in [9.17, 15) is 13.2 Å². The Morgan fingerprint density at radius 2 is 2.04 bits per heavy atom. The summed E-state index contributed by atoms with van der Waals surface area (Å²) in [7, 11) is -3.27. The normalized spacial score (nSPS) is 20.6. The van der Waals surface area contributed by atoms with Crippen molar-refractivity contribution in [1.29, 1.82) is 0 Å². The van der Waals surface area contributed by atoms with E-state index in [0.717, 1.165) is 30.9 Å². The first-order valence-corrected chi connectivity index (χ1v) is 12.3. The molecule has 2 aromatic rings. The summed E-state index contributed by atoms with van der Waals surface area (Å²) < 4.78 is 25.1. The van der Waals surface area contributed by atoms with E-state index < -0.39 is 10.0 Å². The molecule has 8 heteroatoms. The summed E-state index contributed by atoms with van der Waals surface area (Å²) in [6.07, 6.45) is 3.64. The standard InChI is InChI=1S/C20H25N3O3S2/c1-28(25,26)23-10-4-5-16(14-23)20(24)21-17-6-2-3-7-18(17)22-11-8-19-15(13-22)9-12-27-19/h2-3,6-7,9,12,16H,4-5,8,10-11,13-14H2,1H3,(H,21,24)/t16-/m1/s1. The Labute approximate surface area is 170 Å². The van der Waals surface area contributed by atoms with Crippen molar-refractivity contribution in [1.82, 2.24) is 4.31 Å². The zero-order valence-corrected chi connectivity index (χ0v) is 17.6. The highest BCUT2D eigenvalue weighted by molar-refractivity contribution is 7.88. The number of carbonyl (C=O) groups is 1. The van der Waals surface area contributed by atoms with Gasteiger partial charge >= 0.3 is 0 Å². The fourth-order valence-electron chi connectivity index (χ4n) is 4.00. The van der Waals surface area contributed by atoms with Gasteiger partial charge in [0.05, 0.1) is 23.5 Å². The monoisotopic (exact) mass is 419 g/mol. The lowest BCUT2D eigenvalue weighted by Crippen LogP contribution is -2.43. The number of thiophene rings is 1. The zero-order chi connectivity index (χ0) is 19.7. The number of hydrogen-bond donors (Lipinski definition) is 1. The fourth-order valence-corrected chi connectivity index (χ4v) is 5.80. The molecule has 150 valence electrons. The molecule has 0 radical (unpaired) electrons. The largest absolute Gasteiger partial charge is 0.365 e. The number of anilines is 2. The fraction of sp³-hybridized carbons (Fsp3) is 0.450. The second-order valence-electron chi connectivity index (χ2n) is 7.51. The van der Waals surface area contributed by atoms with Crippen molar-refractivity contribution >= 4 is 38.6 Å². The molecule has 0 bridgehead atoms. The van der Waals surface area contributed by atoms with Gasteiger partial charge < -0.3 is 10.2 Å². The minimum Gasteiger partial charge on any atom is -0.365 e. The Bertz CT molecular complexity index is 971. The van der Waals surface area contributed by atoms with E-state index in [1.54, 1.807) is 0 Å². The van der Waals surface area contributed by atoms with Gasteiger partial charge in [-0.05, 0) is 48.4 Å². The van der Waals surface area contributed by atoms with Crippen molar-refractivity contribution in [2.75, 3.05) is 36.1 Å². The number of nitrogens with zero attached hydrogens (tertiary/aromatic N) is 2. The van der Waals surface area contributed by atoms with Crippen LogP contribution in [-0.2, 0) is 27.8 Å². The number of carbonyl (C=O) groups excluding carboxylic acids is 1. The van der Waals surface area contributed by atoms with Gasteiger partial charge in [-0.2, -0.15) is 0 Å². The molecule has 28 heavy (non-hydrogen) atoms. The third kappa shape index (κ3) is 4.09. The number of amides is 1. The highest BCUT2D eigenvalue weighted by Crippen LogP contribution is 2.33. The van der Waals surface area contributed by atoms with Crippen LogP contribution in [0, 0.1) is 5.92 Å². The topological polar surface area (TPSA) is 69.7 Å². The summed E-state index contributed by atoms with van der Waals surface area (Å²) in [5.41, 5.74) is 3.17. The lowest BCUT2D eigenvalue weighted by atomic mass is 9.98. The van der Waals surface area contributed by atoms with Crippen LogP contribution in [0.3, 0.4) is 0 Å². The predicted molar refractivity (Wildman–Crippen MR) is 113 cm³/mol. The van der Waals surface area contributed by atoms with Crippen molar-refractivity contribution in [3.63, 3.8) is 0 Å². The minimum absolute atomic E-state index is 0.103. The number of para-hydroxylation sites is 2. The highest BCUT2D eigenvalue weighted by atomic mass is 32.2. The first-order valence-electron chi connectivity index (χ1n) is 9.57. The van der Waals surface area contributed by atoms with Gasteiger partial charge in [-0.1, -0.05) is 12.1 Å². The predicted octanol–water partition coefficient (Wildman–Crippen LogP) is 2.92. The van der Waals surface area contributed by atoms with Gasteiger partial charge in [0.2, 0.25) is 15.9 Å². The molecule has 0 saturated carbocycles. The molecule has 2 aliphatic rings. The highest BCUT2D eigenvalue weighted by Gasteiger charge is 2.30. The maximum Gasteiger partial charge on any atom is 0.228 e. The summed E-state index contributed by atoms with van der Waals surface area (Å²) in [5, 5.41) is 5.21. The molecule has 6 nitrogen and oxygen atoms in total. The van der Waals surface area contributed by atoms with Crippen LogP contribution in [0.2, 0.25) is 0 Å². The molecule has 1 N–H and O–H groups in total. The van der Waals surface area contributed by atoms with E-state index in [2.05, 4.69) is 21.7 Å². The van der Waals surface area contributed by atoms with Gasteiger partial charge in [-0.25, -0.2) is 12.7 Å². The van der Waals surface area contributed by atoms with Crippen LogP contribution in [0.5, 0.6) is 0 Å². The van der Waals surface area contributed by atoms with Crippen LogP contribution in [0.4, 0.5) is 11.4 Å². The lowest BCUT2D eigenvalue weighted by molar-refractivity contribution is -0.120. The number of sulfonamides is 1. The molecule has 0 spiro atoms. The van der Waals surface area contributed by atoms with E-state index in [0.29, 0.717) is 19.4 Å². The molecule has 1 aromatic carbocycles. The third-order valence-electron chi connectivity index (χ3n) is 5.53. The number of rotatable bonds is 4. The summed E-state index contributed by atoms with van der Waals surface area (Å²) in [5.74, 6) is -0.421. The van der Waals surface area contributed by atoms with Crippen molar-refractivity contribution < 1.29 is 13.2 Å². The van der Waals surface area contributed by atoms with E-state index in [4.69, 9.17) is 0 Å². The molecule has 1 saturated heterocycles. The van der Waals surface area contributed by atoms with Gasteiger partial charge in [0.15, 0.2) is 0 Å². The van der Waals surface area contributed by atoms with Crippen LogP contribution in [0.1, 0.15) is 23.3 Å². The second kappa shape index (κ2) is 7.85. The summed E-state index contributed by atoms with van der Waals surface area (Å²) in [4.78, 5) is 16.6. The molecule has 0 unspecified atom stereocenters. The minimum atomic E-state index is -3.27. The molecule has 1 fully saturated rings. The molecule has 0 aliphatic carbocycles. The third-order valence-corrected chi connectivity index (χ3v) is 7.83. The van der Waals surface area contributed by atoms with Gasteiger partial charge in [-0.3, -0.25) is 4.79 Å². The van der Waals surface area contributed by atoms with E-state index in [1.165, 1.54) is 21.0 Å². The van der Waals surface area contributed by atoms with Crippen molar-refractivity contribution in [3.8, 4) is 0 Å². The maximum atomic E-state index is 12.9. The first kappa shape index (κ1) is 19.4. The average Bonchev–Trinajstić information content (AvgIpc) is 3.15. The lowest BCUT2D eigenvalue weighted by Gasteiger charge is -2.32. The van der Waals surface area contributed by atoms with Gasteiger partial charge in [-0.15, -0.1) is 11.3 Å². The smallest absolute Gasteiger partial charge is 0.228 e. The molecule has 4 rings (SSSR count). The average molecular weight is 420 g/mol. The molecule has 1 atom stereocenters. The van der Waals surface area contributed by atoms with Crippen molar-refractivity contribution in [2.45, 2.75) is 25.8 Å². The number of piperidine rings is 1. The molecule has 1 aromatic heterocycles. The Morgan fingerprint density at radius 3 is 2.86 bits per heavy atom. The van der Waals surface area contributed by atoms with E-state index in [1.807, 2.05) is 35.6 Å². The summed E-state index contributed by atoms with van der Waals surface area (Å²) >= 11 is 1.81. The Kier molecular flexibility index (Phi) is 5.44. The summed E-state index contributed by atoms with van der Waals surface area (Å²) in [6.45, 7) is 2.52. The Hall–Kier alpha value is -1.90. The quantitative estimate of drug-likeness (QED) is 0.827. The number of benzene rings is 1. The number of hydrogen-bond acceptors (Lipinski definition) is 5. The number of fused-ring (bicyclic) bond motifs is 1. The van der Waals surface area contributed by atoms with Crippen LogP contribution in [-0.4, -0.2) is 44.5 Å². The van der Waals surface area contributed by atoms with Gasteiger partial charge in [0.25, 0.3) is 0 Å². The first-order chi connectivity index (χ1) is 13.4. The maximum absolute atomic E-state index is 12.9. The van der Waals surface area contributed by atoms with E-state index >= 15 is 0 Å². The van der Waals surface area contributed by atoms with Gasteiger partial charge in [0.1, 0.15) is 0 Å². The molecule has 3 heterocycles. The Balaban J connectivity index is 1.49. The molecular weight excluding hydrogens is 394 g/mol. The van der Waals surface area contributed by atoms with Crippen LogP contribution in [0.15, 0.2) is 35.7 Å². The molecular formula is C20H25N3O3S2. The SMILES string of the molecule is CS(=O)(=O)N1CCC[C@@H](C(=O)Nc2ccccc2N2CCc3sccc3C2)C1. The molecule has 1 amide bonds. The summed E-state index contributed by atoms with van der Waals surface area (Å²) in [6, 6.07) is 10.0. The molecule has 2 aliphatic heterocycles. The van der Waals surface area contributed by atoms with Crippen LogP contribution in [0.25, 0.3) is 0 Å². The second-order valence-corrected chi connectivity index (χ2v) is 10.5. The Morgan fingerprint density at radius 1 is 1.21 bits per heavy atom. The van der Waals surface area contributed by atoms with E-state index in [-0.39, 0.29) is 18.4 Å². The van der Waals surface area contributed by atoms with Crippen molar-refractivity contribution in [3.05, 3.63) is 46.2 Å².